The van der Waals surface area contributed by atoms with Gasteiger partial charge < -0.3 is 4.90 Å². The molecule has 0 aromatic carbocycles. The van der Waals surface area contributed by atoms with Crippen LogP contribution in [0, 0.1) is 0 Å². The second-order valence-corrected chi connectivity index (χ2v) is 3.98. The third kappa shape index (κ3) is 3.18. The zero-order valence-electron chi connectivity index (χ0n) is 10.2. The lowest BCUT2D eigenvalue weighted by atomic mass is 10.2. The van der Waals surface area contributed by atoms with Gasteiger partial charge in [0.1, 0.15) is 0 Å². The molecule has 0 atom stereocenters. The molecule has 1 aromatic heterocycles. The SMILES string of the molecule is CCCc1ccnc(N(CC)C(C)C)n1. The molecule has 0 fully saturated rings. The molecule has 84 valence electrons. The van der Waals surface area contributed by atoms with Crippen LogP contribution in [0.2, 0.25) is 0 Å². The van der Waals surface area contributed by atoms with Gasteiger partial charge in [0.2, 0.25) is 5.95 Å². The summed E-state index contributed by atoms with van der Waals surface area (Å²) in [4.78, 5) is 11.1. The van der Waals surface area contributed by atoms with Crippen LogP contribution in [-0.4, -0.2) is 22.6 Å². The average molecular weight is 207 g/mol. The summed E-state index contributed by atoms with van der Waals surface area (Å²) in [5.41, 5.74) is 1.14. The molecular formula is C12H21N3. The summed E-state index contributed by atoms with van der Waals surface area (Å²) in [7, 11) is 0. The molecule has 0 radical (unpaired) electrons. The number of rotatable bonds is 5. The first kappa shape index (κ1) is 12.0. The summed E-state index contributed by atoms with van der Waals surface area (Å²) in [5.74, 6) is 0.860. The van der Waals surface area contributed by atoms with E-state index in [-0.39, 0.29) is 0 Å². The normalized spacial score (nSPS) is 10.7. The van der Waals surface area contributed by atoms with Crippen molar-refractivity contribution in [3.05, 3.63) is 18.0 Å². The van der Waals surface area contributed by atoms with Crippen molar-refractivity contribution in [2.75, 3.05) is 11.4 Å². The first-order valence-corrected chi connectivity index (χ1v) is 5.77. The van der Waals surface area contributed by atoms with Crippen molar-refractivity contribution in [2.24, 2.45) is 0 Å². The first-order valence-electron chi connectivity index (χ1n) is 5.77. The summed E-state index contributed by atoms with van der Waals surface area (Å²) in [5, 5.41) is 0. The van der Waals surface area contributed by atoms with E-state index in [1.54, 1.807) is 0 Å². The second-order valence-electron chi connectivity index (χ2n) is 3.98. The van der Waals surface area contributed by atoms with Crippen molar-refractivity contribution in [1.82, 2.24) is 9.97 Å². The summed E-state index contributed by atoms with van der Waals surface area (Å²) in [6, 6.07) is 2.45. The molecule has 0 amide bonds. The highest BCUT2D eigenvalue weighted by atomic mass is 15.3. The molecular weight excluding hydrogens is 186 g/mol. The Labute approximate surface area is 92.6 Å². The number of anilines is 1. The van der Waals surface area contributed by atoms with Gasteiger partial charge in [-0.05, 0) is 33.3 Å². The van der Waals surface area contributed by atoms with Crippen LogP contribution in [0.1, 0.15) is 39.8 Å². The van der Waals surface area contributed by atoms with E-state index in [0.29, 0.717) is 6.04 Å². The predicted molar refractivity (Wildman–Crippen MR) is 64.2 cm³/mol. The third-order valence-electron chi connectivity index (χ3n) is 2.43. The van der Waals surface area contributed by atoms with Crippen LogP contribution in [0.4, 0.5) is 5.95 Å². The van der Waals surface area contributed by atoms with Crippen molar-refractivity contribution >= 4 is 5.95 Å². The van der Waals surface area contributed by atoms with Crippen molar-refractivity contribution in [3.8, 4) is 0 Å². The van der Waals surface area contributed by atoms with Gasteiger partial charge in [-0.25, -0.2) is 9.97 Å². The molecule has 0 aliphatic carbocycles. The smallest absolute Gasteiger partial charge is 0.225 e. The molecule has 0 aliphatic rings. The number of aryl methyl sites for hydroxylation is 1. The van der Waals surface area contributed by atoms with Crippen molar-refractivity contribution in [2.45, 2.75) is 46.6 Å². The molecule has 1 rings (SSSR count). The fraction of sp³-hybridized carbons (Fsp3) is 0.667. The molecule has 0 unspecified atom stereocenters. The van der Waals surface area contributed by atoms with E-state index in [0.717, 1.165) is 31.0 Å². The van der Waals surface area contributed by atoms with E-state index in [4.69, 9.17) is 0 Å². The van der Waals surface area contributed by atoms with E-state index in [9.17, 15) is 0 Å². The Kier molecular flexibility index (Phi) is 4.53. The zero-order chi connectivity index (χ0) is 11.3. The number of aromatic nitrogens is 2. The molecule has 0 bridgehead atoms. The van der Waals surface area contributed by atoms with Crippen LogP contribution >= 0.6 is 0 Å². The van der Waals surface area contributed by atoms with E-state index in [1.165, 1.54) is 0 Å². The lowest BCUT2D eigenvalue weighted by molar-refractivity contribution is 0.676. The van der Waals surface area contributed by atoms with Crippen molar-refractivity contribution in [1.29, 1.82) is 0 Å². The van der Waals surface area contributed by atoms with Crippen molar-refractivity contribution in [3.63, 3.8) is 0 Å². The van der Waals surface area contributed by atoms with Crippen LogP contribution in [0.25, 0.3) is 0 Å². The zero-order valence-corrected chi connectivity index (χ0v) is 10.2. The molecule has 0 spiro atoms. The van der Waals surface area contributed by atoms with E-state index in [2.05, 4.69) is 42.6 Å². The minimum atomic E-state index is 0.451. The Morgan fingerprint density at radius 1 is 1.33 bits per heavy atom. The fourth-order valence-corrected chi connectivity index (χ4v) is 1.66. The van der Waals surface area contributed by atoms with Gasteiger partial charge in [0, 0.05) is 24.5 Å². The molecule has 15 heavy (non-hydrogen) atoms. The molecule has 1 aromatic rings. The Morgan fingerprint density at radius 2 is 2.07 bits per heavy atom. The van der Waals surface area contributed by atoms with Crippen molar-refractivity contribution < 1.29 is 0 Å². The molecule has 3 nitrogen and oxygen atoms in total. The maximum absolute atomic E-state index is 4.57. The van der Waals surface area contributed by atoms with Gasteiger partial charge in [-0.3, -0.25) is 0 Å². The van der Waals surface area contributed by atoms with Gasteiger partial charge in [0.05, 0.1) is 0 Å². The van der Waals surface area contributed by atoms with Crippen LogP contribution in [0.3, 0.4) is 0 Å². The van der Waals surface area contributed by atoms with E-state index >= 15 is 0 Å². The van der Waals surface area contributed by atoms with Crippen LogP contribution in [0.5, 0.6) is 0 Å². The largest absolute Gasteiger partial charge is 0.339 e. The van der Waals surface area contributed by atoms with E-state index in [1.807, 2.05) is 12.3 Å². The summed E-state index contributed by atoms with van der Waals surface area (Å²) < 4.78 is 0. The lowest BCUT2D eigenvalue weighted by Gasteiger charge is -2.25. The van der Waals surface area contributed by atoms with Crippen LogP contribution in [-0.2, 0) is 6.42 Å². The van der Waals surface area contributed by atoms with Gasteiger partial charge in [-0.1, -0.05) is 13.3 Å². The first-order chi connectivity index (χ1) is 7.19. The van der Waals surface area contributed by atoms with Gasteiger partial charge >= 0.3 is 0 Å². The highest BCUT2D eigenvalue weighted by molar-refractivity contribution is 5.31. The molecule has 3 heteroatoms. The van der Waals surface area contributed by atoms with Crippen LogP contribution in [0.15, 0.2) is 12.3 Å². The molecule has 1 heterocycles. The number of hydrogen-bond acceptors (Lipinski definition) is 3. The standard InChI is InChI=1S/C12H21N3/c1-5-7-11-8-9-13-12(14-11)15(6-2)10(3)4/h8-10H,5-7H2,1-4H3. The second kappa shape index (κ2) is 5.69. The molecule has 0 aliphatic heterocycles. The maximum atomic E-state index is 4.57. The van der Waals surface area contributed by atoms with Gasteiger partial charge in [-0.15, -0.1) is 0 Å². The highest BCUT2D eigenvalue weighted by Gasteiger charge is 2.10. The Morgan fingerprint density at radius 3 is 2.60 bits per heavy atom. The molecule has 0 saturated carbocycles. The molecule has 0 saturated heterocycles. The number of nitrogens with zero attached hydrogens (tertiary/aromatic N) is 3. The predicted octanol–water partition coefficient (Wildman–Crippen LogP) is 2.66. The van der Waals surface area contributed by atoms with Gasteiger partial charge in [-0.2, -0.15) is 0 Å². The maximum Gasteiger partial charge on any atom is 0.225 e. The summed E-state index contributed by atoms with van der Waals surface area (Å²) in [6.07, 6.45) is 4.02. The Hall–Kier alpha value is -1.12. The fourth-order valence-electron chi connectivity index (χ4n) is 1.66. The minimum absolute atomic E-state index is 0.451. The van der Waals surface area contributed by atoms with E-state index < -0.39 is 0 Å². The summed E-state index contributed by atoms with van der Waals surface area (Å²) in [6.45, 7) is 9.59. The quantitative estimate of drug-likeness (QED) is 0.743. The third-order valence-corrected chi connectivity index (χ3v) is 2.43. The highest BCUT2D eigenvalue weighted by Crippen LogP contribution is 2.11. The van der Waals surface area contributed by atoms with Crippen LogP contribution < -0.4 is 4.90 Å². The molecule has 0 N–H and O–H groups in total. The summed E-state index contributed by atoms with van der Waals surface area (Å²) >= 11 is 0. The minimum Gasteiger partial charge on any atom is -0.339 e. The number of hydrogen-bond donors (Lipinski definition) is 0. The average Bonchev–Trinajstić information content (AvgIpc) is 2.19. The monoisotopic (exact) mass is 207 g/mol. The Bertz CT molecular complexity index is 297. The lowest BCUT2D eigenvalue weighted by Crippen LogP contribution is -2.32. The van der Waals surface area contributed by atoms with Gasteiger partial charge in [0.25, 0.3) is 0 Å². The topological polar surface area (TPSA) is 29.0 Å². The van der Waals surface area contributed by atoms with Gasteiger partial charge in [0.15, 0.2) is 0 Å². The Balaban J connectivity index is 2.87.